The van der Waals surface area contributed by atoms with Crippen molar-refractivity contribution in [2.75, 3.05) is 0 Å². The number of rotatable bonds is 7. The van der Waals surface area contributed by atoms with E-state index in [-0.39, 0.29) is 12.8 Å². The zero-order chi connectivity index (χ0) is 20.7. The number of hydrogen-bond donors (Lipinski definition) is 2. The second kappa shape index (κ2) is 9.16. The van der Waals surface area contributed by atoms with Crippen molar-refractivity contribution in [3.05, 3.63) is 83.2 Å². The van der Waals surface area contributed by atoms with Gasteiger partial charge in [-0.15, -0.1) is 0 Å². The van der Waals surface area contributed by atoms with Gasteiger partial charge < -0.3 is 10.4 Å². The lowest BCUT2D eigenvalue weighted by Gasteiger charge is -2.13. The minimum Gasteiger partial charge on any atom is -0.480 e. The Labute approximate surface area is 158 Å². The summed E-state index contributed by atoms with van der Waals surface area (Å²) < 4.78 is 50.4. The number of benzene rings is 2. The molecule has 0 aliphatic rings. The summed E-state index contributed by atoms with van der Waals surface area (Å²) in [5.41, 5.74) is 0.351. The number of nitrogens with one attached hydrogen (secondary N) is 1. The molecular formula is C20H17F4NO3. The molecule has 0 fully saturated rings. The van der Waals surface area contributed by atoms with Crippen LogP contribution in [0.25, 0.3) is 0 Å². The fraction of sp³-hybridized carbons (Fsp3) is 0.200. The zero-order valence-electron chi connectivity index (χ0n) is 14.5. The van der Waals surface area contributed by atoms with E-state index in [2.05, 4.69) is 5.32 Å². The Morgan fingerprint density at radius 2 is 1.57 bits per heavy atom. The lowest BCUT2D eigenvalue weighted by atomic mass is 10.1. The molecule has 2 rings (SSSR count). The Hall–Kier alpha value is -3.16. The van der Waals surface area contributed by atoms with Crippen LogP contribution in [0.2, 0.25) is 0 Å². The lowest BCUT2D eigenvalue weighted by molar-refractivity contribution is -0.141. The number of hydrogen-bond acceptors (Lipinski definition) is 2. The van der Waals surface area contributed by atoms with Crippen molar-refractivity contribution in [3.8, 4) is 0 Å². The highest BCUT2D eigenvalue weighted by Crippen LogP contribution is 2.29. The van der Waals surface area contributed by atoms with Gasteiger partial charge in [-0.1, -0.05) is 30.3 Å². The van der Waals surface area contributed by atoms with E-state index in [1.54, 1.807) is 0 Å². The molecule has 0 radical (unpaired) electrons. The van der Waals surface area contributed by atoms with Gasteiger partial charge in [0.2, 0.25) is 5.91 Å². The van der Waals surface area contributed by atoms with Crippen LogP contribution in [-0.4, -0.2) is 23.0 Å². The minimum absolute atomic E-state index is 0.0197. The zero-order valence-corrected chi connectivity index (χ0v) is 14.5. The third-order valence-corrected chi connectivity index (χ3v) is 3.87. The summed E-state index contributed by atoms with van der Waals surface area (Å²) in [6.07, 6.45) is -1.67. The molecule has 0 aliphatic heterocycles. The molecule has 0 aliphatic carbocycles. The van der Waals surface area contributed by atoms with Crippen molar-refractivity contribution in [1.82, 2.24) is 5.32 Å². The first-order valence-electron chi connectivity index (χ1n) is 8.25. The summed E-state index contributed by atoms with van der Waals surface area (Å²) in [5.74, 6) is -2.35. The molecular weight excluding hydrogens is 378 g/mol. The molecule has 1 amide bonds. The number of carboxylic acid groups (broad SMARTS) is 1. The molecule has 8 heteroatoms. The third-order valence-electron chi connectivity index (χ3n) is 3.87. The molecule has 0 heterocycles. The molecule has 0 aromatic heterocycles. The fourth-order valence-electron chi connectivity index (χ4n) is 2.41. The van der Waals surface area contributed by atoms with Crippen LogP contribution >= 0.6 is 0 Å². The van der Waals surface area contributed by atoms with Gasteiger partial charge in [-0.2, -0.15) is 13.2 Å². The highest BCUT2D eigenvalue weighted by Gasteiger charge is 2.29. The molecule has 28 heavy (non-hydrogen) atoms. The Balaban J connectivity index is 1.91. The van der Waals surface area contributed by atoms with Crippen molar-refractivity contribution in [3.63, 3.8) is 0 Å². The smallest absolute Gasteiger partial charge is 0.416 e. The van der Waals surface area contributed by atoms with Gasteiger partial charge in [0.25, 0.3) is 0 Å². The Kier molecular flexibility index (Phi) is 6.92. The number of allylic oxidation sites excluding steroid dienone is 1. The molecule has 0 bridgehead atoms. The molecule has 2 aromatic carbocycles. The van der Waals surface area contributed by atoms with Crippen LogP contribution in [0.3, 0.4) is 0 Å². The Morgan fingerprint density at radius 1 is 1.00 bits per heavy atom. The summed E-state index contributed by atoms with van der Waals surface area (Å²) in [4.78, 5) is 23.2. The lowest BCUT2D eigenvalue weighted by Crippen LogP contribution is -2.41. The number of carbonyl (C=O) groups excluding carboxylic acids is 1. The van der Waals surface area contributed by atoms with E-state index in [4.69, 9.17) is 0 Å². The fourth-order valence-corrected chi connectivity index (χ4v) is 2.41. The number of carbonyl (C=O) groups is 2. The first kappa shape index (κ1) is 21.1. The molecule has 0 spiro atoms. The second-order valence-electron chi connectivity index (χ2n) is 6.03. The maximum atomic E-state index is 12.9. The molecule has 0 saturated carbocycles. The normalized spacial score (nSPS) is 12.7. The molecule has 1 atom stereocenters. The number of alkyl halides is 3. The van der Waals surface area contributed by atoms with Gasteiger partial charge in [-0.3, -0.25) is 4.79 Å². The molecule has 1 unspecified atom stereocenters. The summed E-state index contributed by atoms with van der Waals surface area (Å²) in [6.45, 7) is 0. The van der Waals surface area contributed by atoms with Crippen LogP contribution in [0.4, 0.5) is 17.6 Å². The van der Waals surface area contributed by atoms with Crippen LogP contribution in [0.1, 0.15) is 16.7 Å². The molecule has 0 saturated heterocycles. The van der Waals surface area contributed by atoms with Crippen LogP contribution in [0, 0.1) is 5.82 Å². The number of halogens is 4. The average Bonchev–Trinajstić information content (AvgIpc) is 2.62. The summed E-state index contributed by atoms with van der Waals surface area (Å²) in [6, 6.07) is 8.56. The Bertz CT molecular complexity index is 843. The number of carboxylic acids is 1. The van der Waals surface area contributed by atoms with Crippen molar-refractivity contribution in [2.24, 2.45) is 0 Å². The van der Waals surface area contributed by atoms with E-state index in [0.29, 0.717) is 11.1 Å². The quantitative estimate of drug-likeness (QED) is 0.554. The van der Waals surface area contributed by atoms with E-state index < -0.39 is 35.5 Å². The first-order chi connectivity index (χ1) is 13.1. The van der Waals surface area contributed by atoms with E-state index in [1.165, 1.54) is 42.5 Å². The number of aliphatic carboxylic acids is 1. The minimum atomic E-state index is -4.41. The monoisotopic (exact) mass is 395 g/mol. The maximum absolute atomic E-state index is 12.9. The maximum Gasteiger partial charge on any atom is 0.416 e. The first-order valence-corrected chi connectivity index (χ1v) is 8.25. The average molecular weight is 395 g/mol. The van der Waals surface area contributed by atoms with Crippen molar-refractivity contribution in [2.45, 2.75) is 25.1 Å². The van der Waals surface area contributed by atoms with Gasteiger partial charge in [-0.25, -0.2) is 9.18 Å². The topological polar surface area (TPSA) is 66.4 Å². The van der Waals surface area contributed by atoms with Gasteiger partial charge in [0.05, 0.1) is 5.56 Å². The largest absolute Gasteiger partial charge is 0.480 e. The predicted molar refractivity (Wildman–Crippen MR) is 94.0 cm³/mol. The molecule has 2 aromatic rings. The molecule has 148 valence electrons. The van der Waals surface area contributed by atoms with Crippen molar-refractivity contribution >= 4 is 11.9 Å². The van der Waals surface area contributed by atoms with E-state index in [1.807, 2.05) is 0 Å². The predicted octanol–water partition coefficient (Wildman–Crippen LogP) is 3.76. The van der Waals surface area contributed by atoms with Crippen molar-refractivity contribution in [1.29, 1.82) is 0 Å². The SMILES string of the molecule is O=C(/C=C/Cc1ccc(C(F)(F)F)cc1)NC(Cc1ccc(F)cc1)C(=O)O. The summed E-state index contributed by atoms with van der Waals surface area (Å²) in [7, 11) is 0. The van der Waals surface area contributed by atoms with Gasteiger partial charge in [0.1, 0.15) is 11.9 Å². The van der Waals surface area contributed by atoms with Crippen LogP contribution in [0.5, 0.6) is 0 Å². The van der Waals surface area contributed by atoms with E-state index >= 15 is 0 Å². The van der Waals surface area contributed by atoms with Crippen molar-refractivity contribution < 1.29 is 32.3 Å². The number of amides is 1. The van der Waals surface area contributed by atoms with E-state index in [0.717, 1.165) is 18.2 Å². The van der Waals surface area contributed by atoms with Gasteiger partial charge in [0.15, 0.2) is 0 Å². The van der Waals surface area contributed by atoms with Crippen LogP contribution in [0.15, 0.2) is 60.7 Å². The third kappa shape index (κ3) is 6.53. The van der Waals surface area contributed by atoms with Gasteiger partial charge >= 0.3 is 12.1 Å². The molecule has 4 nitrogen and oxygen atoms in total. The highest BCUT2D eigenvalue weighted by molar-refractivity contribution is 5.91. The standard InChI is InChI=1S/C20H17F4NO3/c21-16-10-6-14(7-11-16)12-17(19(27)28)25-18(26)3-1-2-13-4-8-15(9-5-13)20(22,23)24/h1,3-11,17H,2,12H2,(H,25,26)(H,27,28)/b3-1+. The highest BCUT2D eigenvalue weighted by atomic mass is 19.4. The van der Waals surface area contributed by atoms with Crippen LogP contribution in [-0.2, 0) is 28.6 Å². The summed E-state index contributed by atoms with van der Waals surface area (Å²) in [5, 5.41) is 11.6. The van der Waals surface area contributed by atoms with Gasteiger partial charge in [0, 0.05) is 6.42 Å². The Morgan fingerprint density at radius 3 is 2.11 bits per heavy atom. The summed E-state index contributed by atoms with van der Waals surface area (Å²) >= 11 is 0. The molecule has 2 N–H and O–H groups in total. The van der Waals surface area contributed by atoms with E-state index in [9.17, 15) is 32.3 Å². The second-order valence-corrected chi connectivity index (χ2v) is 6.03. The van der Waals surface area contributed by atoms with Gasteiger partial charge in [-0.05, 0) is 47.9 Å². The van der Waals surface area contributed by atoms with Crippen LogP contribution < -0.4 is 5.32 Å².